The third kappa shape index (κ3) is 2.67. The Morgan fingerprint density at radius 2 is 2.05 bits per heavy atom. The maximum absolute atomic E-state index is 4.56. The summed E-state index contributed by atoms with van der Waals surface area (Å²) in [5, 5.41) is 3.32. The maximum atomic E-state index is 4.56. The lowest BCUT2D eigenvalue weighted by molar-refractivity contribution is 0.720. The van der Waals surface area contributed by atoms with Crippen LogP contribution in [-0.2, 0) is 6.54 Å². The fraction of sp³-hybridized carbons (Fsp3) is 0.200. The third-order valence-electron chi connectivity index (χ3n) is 3.21. The van der Waals surface area contributed by atoms with E-state index in [-0.39, 0.29) is 0 Å². The molecule has 4 nitrogen and oxygen atoms in total. The number of benzene rings is 1. The van der Waals surface area contributed by atoms with Gasteiger partial charge in [0, 0.05) is 23.8 Å². The smallest absolute Gasteiger partial charge is 0.126 e. The van der Waals surface area contributed by atoms with Gasteiger partial charge in [0.05, 0.1) is 11.0 Å². The second kappa shape index (κ2) is 5.63. The van der Waals surface area contributed by atoms with E-state index in [2.05, 4.69) is 41.8 Å². The minimum absolute atomic E-state index is 0.815. The second-order valence-corrected chi connectivity index (χ2v) is 5.50. The minimum atomic E-state index is 0.815. The molecule has 0 radical (unpaired) electrons. The van der Waals surface area contributed by atoms with Gasteiger partial charge in [-0.2, -0.15) is 0 Å². The van der Waals surface area contributed by atoms with E-state index >= 15 is 0 Å². The van der Waals surface area contributed by atoms with Crippen LogP contribution in [0.5, 0.6) is 0 Å². The SMILES string of the molecule is Cc1nc2ccccc2n1CCNc1ccc(Br)cn1. The number of fused-ring (bicyclic) bond motifs is 1. The summed E-state index contributed by atoms with van der Waals surface area (Å²) < 4.78 is 3.21. The van der Waals surface area contributed by atoms with Crippen molar-refractivity contribution in [2.45, 2.75) is 13.5 Å². The summed E-state index contributed by atoms with van der Waals surface area (Å²) in [7, 11) is 0. The molecule has 0 atom stereocenters. The molecule has 1 N–H and O–H groups in total. The molecule has 0 aliphatic carbocycles. The Morgan fingerprint density at radius 1 is 1.20 bits per heavy atom. The fourth-order valence-corrected chi connectivity index (χ4v) is 2.49. The number of aryl methyl sites for hydroxylation is 1. The van der Waals surface area contributed by atoms with Crippen LogP contribution in [0.4, 0.5) is 5.82 Å². The first kappa shape index (κ1) is 13.1. The molecule has 5 heteroatoms. The van der Waals surface area contributed by atoms with Gasteiger partial charge in [0.2, 0.25) is 0 Å². The molecule has 0 aliphatic heterocycles. The largest absolute Gasteiger partial charge is 0.368 e. The van der Waals surface area contributed by atoms with Crippen LogP contribution in [-0.4, -0.2) is 21.1 Å². The second-order valence-electron chi connectivity index (χ2n) is 4.59. The Kier molecular flexibility index (Phi) is 3.69. The van der Waals surface area contributed by atoms with Gasteiger partial charge in [-0.3, -0.25) is 0 Å². The number of para-hydroxylation sites is 2. The lowest BCUT2D eigenvalue weighted by Gasteiger charge is -2.09. The first-order chi connectivity index (χ1) is 9.74. The van der Waals surface area contributed by atoms with Crippen molar-refractivity contribution in [3.05, 3.63) is 52.9 Å². The van der Waals surface area contributed by atoms with Crippen molar-refractivity contribution in [1.82, 2.24) is 14.5 Å². The number of imidazole rings is 1. The topological polar surface area (TPSA) is 42.7 Å². The van der Waals surface area contributed by atoms with E-state index in [1.165, 1.54) is 5.52 Å². The Hall–Kier alpha value is -1.88. The summed E-state index contributed by atoms with van der Waals surface area (Å²) in [6.07, 6.45) is 1.79. The zero-order valence-electron chi connectivity index (χ0n) is 11.2. The minimum Gasteiger partial charge on any atom is -0.368 e. The molecular formula is C15H15BrN4. The Labute approximate surface area is 126 Å². The number of nitrogens with zero attached hydrogens (tertiary/aromatic N) is 3. The van der Waals surface area contributed by atoms with E-state index < -0.39 is 0 Å². The average molecular weight is 331 g/mol. The predicted octanol–water partition coefficient (Wildman–Crippen LogP) is 3.61. The third-order valence-corrected chi connectivity index (χ3v) is 3.68. The van der Waals surface area contributed by atoms with Crippen molar-refractivity contribution in [1.29, 1.82) is 0 Å². The van der Waals surface area contributed by atoms with Gasteiger partial charge in [0.25, 0.3) is 0 Å². The molecule has 3 aromatic rings. The highest BCUT2D eigenvalue weighted by molar-refractivity contribution is 9.10. The number of aromatic nitrogens is 3. The quantitative estimate of drug-likeness (QED) is 0.794. The lowest BCUT2D eigenvalue weighted by atomic mass is 10.3. The van der Waals surface area contributed by atoms with Gasteiger partial charge >= 0.3 is 0 Å². The first-order valence-electron chi connectivity index (χ1n) is 6.51. The zero-order valence-corrected chi connectivity index (χ0v) is 12.8. The molecule has 0 bridgehead atoms. The zero-order chi connectivity index (χ0) is 13.9. The molecule has 20 heavy (non-hydrogen) atoms. The van der Waals surface area contributed by atoms with Crippen molar-refractivity contribution in [2.75, 3.05) is 11.9 Å². The molecule has 0 aliphatic rings. The number of pyridine rings is 1. The summed E-state index contributed by atoms with van der Waals surface area (Å²) in [6, 6.07) is 12.2. The van der Waals surface area contributed by atoms with Crippen molar-refractivity contribution in [3.8, 4) is 0 Å². The molecule has 3 rings (SSSR count). The summed E-state index contributed by atoms with van der Waals surface area (Å²) in [6.45, 7) is 3.72. The van der Waals surface area contributed by atoms with Crippen molar-refractivity contribution >= 4 is 32.8 Å². The fourth-order valence-electron chi connectivity index (χ4n) is 2.25. The molecule has 0 amide bonds. The molecule has 2 heterocycles. The van der Waals surface area contributed by atoms with Crippen LogP contribution in [0.2, 0.25) is 0 Å². The summed E-state index contributed by atoms with van der Waals surface area (Å²) >= 11 is 3.38. The summed E-state index contributed by atoms with van der Waals surface area (Å²) in [5.74, 6) is 1.92. The van der Waals surface area contributed by atoms with Crippen LogP contribution >= 0.6 is 15.9 Å². The number of rotatable bonds is 4. The van der Waals surface area contributed by atoms with Crippen LogP contribution in [0.25, 0.3) is 11.0 Å². The monoisotopic (exact) mass is 330 g/mol. The summed E-state index contributed by atoms with van der Waals surface area (Å²) in [4.78, 5) is 8.86. The number of hydrogen-bond acceptors (Lipinski definition) is 3. The normalized spacial score (nSPS) is 10.9. The number of halogens is 1. The van der Waals surface area contributed by atoms with Crippen LogP contribution in [0.1, 0.15) is 5.82 Å². The number of anilines is 1. The molecule has 0 saturated carbocycles. The highest BCUT2D eigenvalue weighted by Gasteiger charge is 2.05. The van der Waals surface area contributed by atoms with Crippen LogP contribution in [0.15, 0.2) is 47.1 Å². The van der Waals surface area contributed by atoms with E-state index in [9.17, 15) is 0 Å². The number of hydrogen-bond donors (Lipinski definition) is 1. The Morgan fingerprint density at radius 3 is 2.85 bits per heavy atom. The van der Waals surface area contributed by atoms with Crippen molar-refractivity contribution in [2.24, 2.45) is 0 Å². The van der Waals surface area contributed by atoms with Crippen LogP contribution < -0.4 is 5.32 Å². The molecule has 2 aromatic heterocycles. The average Bonchev–Trinajstić information content (AvgIpc) is 2.77. The van der Waals surface area contributed by atoms with E-state index in [1.807, 2.05) is 37.3 Å². The van der Waals surface area contributed by atoms with Gasteiger partial charge in [-0.05, 0) is 47.1 Å². The summed E-state index contributed by atoms with van der Waals surface area (Å²) in [5.41, 5.74) is 2.22. The highest BCUT2D eigenvalue weighted by atomic mass is 79.9. The van der Waals surface area contributed by atoms with E-state index in [0.29, 0.717) is 0 Å². The molecule has 0 unspecified atom stereocenters. The van der Waals surface area contributed by atoms with Gasteiger partial charge < -0.3 is 9.88 Å². The van der Waals surface area contributed by atoms with Gasteiger partial charge in [-0.1, -0.05) is 12.1 Å². The van der Waals surface area contributed by atoms with E-state index in [4.69, 9.17) is 0 Å². The van der Waals surface area contributed by atoms with Gasteiger partial charge in [-0.25, -0.2) is 9.97 Å². The maximum Gasteiger partial charge on any atom is 0.126 e. The standard InChI is InChI=1S/C15H15BrN4/c1-11-19-13-4-2-3-5-14(13)20(11)9-8-17-15-7-6-12(16)10-18-15/h2-7,10H,8-9H2,1H3,(H,17,18). The van der Waals surface area contributed by atoms with Crippen LogP contribution in [0.3, 0.4) is 0 Å². The van der Waals surface area contributed by atoms with Crippen molar-refractivity contribution in [3.63, 3.8) is 0 Å². The predicted molar refractivity (Wildman–Crippen MR) is 84.9 cm³/mol. The highest BCUT2D eigenvalue weighted by Crippen LogP contribution is 2.15. The Bertz CT molecular complexity index is 718. The van der Waals surface area contributed by atoms with Crippen molar-refractivity contribution < 1.29 is 0 Å². The van der Waals surface area contributed by atoms with E-state index in [0.717, 1.165) is 34.7 Å². The lowest BCUT2D eigenvalue weighted by Crippen LogP contribution is -2.12. The molecule has 0 spiro atoms. The van der Waals surface area contributed by atoms with Crippen LogP contribution in [0, 0.1) is 6.92 Å². The molecular weight excluding hydrogens is 316 g/mol. The molecule has 0 saturated heterocycles. The molecule has 102 valence electrons. The molecule has 0 fully saturated rings. The Balaban J connectivity index is 1.71. The van der Waals surface area contributed by atoms with E-state index in [1.54, 1.807) is 6.20 Å². The van der Waals surface area contributed by atoms with Gasteiger partial charge in [-0.15, -0.1) is 0 Å². The first-order valence-corrected chi connectivity index (χ1v) is 7.30. The molecule has 1 aromatic carbocycles. The van der Waals surface area contributed by atoms with Gasteiger partial charge in [0.1, 0.15) is 11.6 Å². The number of nitrogens with one attached hydrogen (secondary N) is 1. The van der Waals surface area contributed by atoms with Gasteiger partial charge in [0.15, 0.2) is 0 Å².